The first-order valence-electron chi connectivity index (χ1n) is 8.37. The Kier molecular flexibility index (Phi) is 7.17. The van der Waals surface area contributed by atoms with Crippen LogP contribution < -0.4 is 9.47 Å². The van der Waals surface area contributed by atoms with Crippen molar-refractivity contribution in [3.8, 4) is 11.5 Å². The van der Waals surface area contributed by atoms with Crippen LogP contribution in [0.4, 0.5) is 17.6 Å². The van der Waals surface area contributed by atoms with Crippen molar-refractivity contribution in [2.24, 2.45) is 0 Å². The monoisotopic (exact) mass is 398 g/mol. The smallest absolute Gasteiger partial charge is 0.465 e. The van der Waals surface area contributed by atoms with E-state index in [2.05, 4.69) is 4.74 Å². The molecule has 0 aliphatic carbocycles. The predicted molar refractivity (Wildman–Crippen MR) is 93.4 cm³/mol. The summed E-state index contributed by atoms with van der Waals surface area (Å²) in [5.74, 6) is -1.34. The summed E-state index contributed by atoms with van der Waals surface area (Å²) < 4.78 is 65.0. The molecule has 150 valence electrons. The van der Waals surface area contributed by atoms with E-state index in [9.17, 15) is 22.4 Å². The first-order valence-corrected chi connectivity index (χ1v) is 8.37. The highest BCUT2D eigenvalue weighted by molar-refractivity contribution is 5.91. The zero-order valence-electron chi connectivity index (χ0n) is 15.1. The van der Waals surface area contributed by atoms with Crippen LogP contribution in [0.15, 0.2) is 54.8 Å². The Morgan fingerprint density at radius 3 is 2.32 bits per heavy atom. The molecule has 0 N–H and O–H groups in total. The molecule has 2 rings (SSSR count). The molecular formula is C20H18F4O4. The Balaban J connectivity index is 2.04. The fourth-order valence-electron chi connectivity index (χ4n) is 2.22. The molecule has 0 aromatic heterocycles. The number of allylic oxidation sites excluding steroid dienone is 1. The Hall–Kier alpha value is -2.87. The lowest BCUT2D eigenvalue weighted by molar-refractivity contribution is -0.342. The molecule has 8 heteroatoms. The van der Waals surface area contributed by atoms with Gasteiger partial charge in [-0.3, -0.25) is 4.74 Å². The van der Waals surface area contributed by atoms with Gasteiger partial charge in [-0.2, -0.15) is 0 Å². The van der Waals surface area contributed by atoms with E-state index >= 15 is 0 Å². The van der Waals surface area contributed by atoms with Gasteiger partial charge >= 0.3 is 12.3 Å². The van der Waals surface area contributed by atoms with Crippen LogP contribution in [0.2, 0.25) is 0 Å². The van der Waals surface area contributed by atoms with Crippen molar-refractivity contribution < 1.29 is 36.6 Å². The SMILES string of the molecule is CC/C=C/Oc1ccc(C(=O)Oc2ccc(C(C)OC(F)(F)F)c(F)c2)cc1. The lowest BCUT2D eigenvalue weighted by Gasteiger charge is -2.16. The molecule has 0 aliphatic heterocycles. The van der Waals surface area contributed by atoms with Crippen molar-refractivity contribution in [1.82, 2.24) is 0 Å². The normalized spacial score (nSPS) is 12.8. The molecule has 2 aromatic carbocycles. The fraction of sp³-hybridized carbons (Fsp3) is 0.250. The van der Waals surface area contributed by atoms with Crippen molar-refractivity contribution in [3.63, 3.8) is 0 Å². The number of benzene rings is 2. The number of halogens is 4. The number of carbonyl (C=O) groups excluding carboxylic acids is 1. The van der Waals surface area contributed by atoms with Gasteiger partial charge in [-0.25, -0.2) is 9.18 Å². The van der Waals surface area contributed by atoms with Gasteiger partial charge in [0.2, 0.25) is 0 Å². The van der Waals surface area contributed by atoms with Gasteiger partial charge in [0.25, 0.3) is 0 Å². The van der Waals surface area contributed by atoms with Gasteiger partial charge in [-0.05, 0) is 55.8 Å². The molecule has 0 saturated carbocycles. The number of alkyl halides is 3. The van der Waals surface area contributed by atoms with Crippen LogP contribution in [-0.2, 0) is 4.74 Å². The maximum Gasteiger partial charge on any atom is 0.523 e. The minimum Gasteiger partial charge on any atom is -0.465 e. The van der Waals surface area contributed by atoms with Gasteiger partial charge in [0.05, 0.1) is 17.9 Å². The van der Waals surface area contributed by atoms with Crippen LogP contribution in [0.25, 0.3) is 0 Å². The quantitative estimate of drug-likeness (QED) is 0.250. The molecule has 0 radical (unpaired) electrons. The van der Waals surface area contributed by atoms with Gasteiger partial charge in [0.1, 0.15) is 17.3 Å². The topological polar surface area (TPSA) is 44.8 Å². The lowest BCUT2D eigenvalue weighted by Crippen LogP contribution is -2.17. The number of carbonyl (C=O) groups is 1. The van der Waals surface area contributed by atoms with E-state index in [1.165, 1.54) is 24.5 Å². The Labute approximate surface area is 159 Å². The second-order valence-corrected chi connectivity index (χ2v) is 5.70. The molecule has 0 spiro atoms. The Bertz CT molecular complexity index is 829. The number of hydrogen-bond donors (Lipinski definition) is 0. The Morgan fingerprint density at radius 1 is 1.11 bits per heavy atom. The van der Waals surface area contributed by atoms with Crippen molar-refractivity contribution in [1.29, 1.82) is 0 Å². The third-order valence-corrected chi connectivity index (χ3v) is 3.56. The summed E-state index contributed by atoms with van der Waals surface area (Å²) in [4.78, 5) is 12.1. The van der Waals surface area contributed by atoms with Crippen LogP contribution in [0.5, 0.6) is 11.5 Å². The zero-order valence-corrected chi connectivity index (χ0v) is 15.1. The van der Waals surface area contributed by atoms with Crippen LogP contribution in [0.1, 0.15) is 42.3 Å². The first kappa shape index (κ1) is 21.4. The lowest BCUT2D eigenvalue weighted by atomic mass is 10.1. The van der Waals surface area contributed by atoms with E-state index in [0.29, 0.717) is 5.75 Å². The van der Waals surface area contributed by atoms with Crippen LogP contribution in [-0.4, -0.2) is 12.3 Å². The number of esters is 1. The van der Waals surface area contributed by atoms with Crippen molar-refractivity contribution in [2.75, 3.05) is 0 Å². The summed E-state index contributed by atoms with van der Waals surface area (Å²) in [6.07, 6.45) is -2.26. The summed E-state index contributed by atoms with van der Waals surface area (Å²) in [5, 5.41) is 0. The minimum absolute atomic E-state index is 0.142. The maximum atomic E-state index is 14.1. The van der Waals surface area contributed by atoms with Gasteiger partial charge in [0, 0.05) is 11.6 Å². The maximum absolute atomic E-state index is 14.1. The van der Waals surface area contributed by atoms with Crippen molar-refractivity contribution in [3.05, 3.63) is 71.7 Å². The molecule has 0 fully saturated rings. The average Bonchev–Trinajstić information content (AvgIpc) is 2.61. The summed E-state index contributed by atoms with van der Waals surface area (Å²) in [5.41, 5.74) is -0.108. The van der Waals surface area contributed by atoms with E-state index in [1.807, 2.05) is 13.0 Å². The molecule has 0 amide bonds. The van der Waals surface area contributed by atoms with Gasteiger partial charge in [0.15, 0.2) is 0 Å². The molecule has 2 aromatic rings. The standard InChI is InChI=1S/C20H18F4O4/c1-3-4-11-26-15-7-5-14(6-8-15)19(25)27-16-9-10-17(18(21)12-16)13(2)28-20(22,23)24/h4-13H,3H2,1-2H3/b11-4+. The largest absolute Gasteiger partial charge is 0.523 e. The highest BCUT2D eigenvalue weighted by Gasteiger charge is 2.33. The van der Waals surface area contributed by atoms with E-state index in [4.69, 9.17) is 9.47 Å². The highest BCUT2D eigenvalue weighted by atomic mass is 19.4. The van der Waals surface area contributed by atoms with Crippen LogP contribution in [0.3, 0.4) is 0 Å². The summed E-state index contributed by atoms with van der Waals surface area (Å²) >= 11 is 0. The molecule has 0 bridgehead atoms. The van der Waals surface area contributed by atoms with E-state index in [-0.39, 0.29) is 16.9 Å². The molecule has 1 atom stereocenters. The highest BCUT2D eigenvalue weighted by Crippen LogP contribution is 2.30. The third kappa shape index (κ3) is 6.38. The number of rotatable bonds is 7. The van der Waals surface area contributed by atoms with E-state index < -0.39 is 24.3 Å². The first-order chi connectivity index (χ1) is 13.2. The summed E-state index contributed by atoms with van der Waals surface area (Å²) in [7, 11) is 0. The second-order valence-electron chi connectivity index (χ2n) is 5.70. The molecule has 1 unspecified atom stereocenters. The van der Waals surface area contributed by atoms with E-state index in [1.54, 1.807) is 12.1 Å². The van der Waals surface area contributed by atoms with Crippen LogP contribution >= 0.6 is 0 Å². The summed E-state index contributed by atoms with van der Waals surface area (Å²) in [6, 6.07) is 9.18. The number of ether oxygens (including phenoxy) is 3. The molecule has 0 saturated heterocycles. The van der Waals surface area contributed by atoms with Gasteiger partial charge in [-0.15, -0.1) is 13.2 Å². The molecule has 0 heterocycles. The molecule has 28 heavy (non-hydrogen) atoms. The van der Waals surface area contributed by atoms with Crippen LogP contribution in [0, 0.1) is 5.82 Å². The molecule has 0 aliphatic rings. The zero-order chi connectivity index (χ0) is 20.7. The Morgan fingerprint density at radius 2 is 1.75 bits per heavy atom. The summed E-state index contributed by atoms with van der Waals surface area (Å²) in [6.45, 7) is 3.02. The van der Waals surface area contributed by atoms with Gasteiger partial charge < -0.3 is 9.47 Å². The third-order valence-electron chi connectivity index (χ3n) is 3.56. The van der Waals surface area contributed by atoms with E-state index in [0.717, 1.165) is 25.5 Å². The fourth-order valence-corrected chi connectivity index (χ4v) is 2.22. The van der Waals surface area contributed by atoms with Gasteiger partial charge in [-0.1, -0.05) is 6.92 Å². The second kappa shape index (κ2) is 9.36. The minimum atomic E-state index is -4.89. The molecular weight excluding hydrogens is 380 g/mol. The molecule has 4 nitrogen and oxygen atoms in total. The predicted octanol–water partition coefficient (Wildman–Crippen LogP) is 5.94. The van der Waals surface area contributed by atoms with Crippen molar-refractivity contribution in [2.45, 2.75) is 32.7 Å². The number of hydrogen-bond acceptors (Lipinski definition) is 4. The average molecular weight is 398 g/mol. The van der Waals surface area contributed by atoms with Crippen molar-refractivity contribution >= 4 is 5.97 Å².